The van der Waals surface area contributed by atoms with E-state index in [-0.39, 0.29) is 23.7 Å². The second kappa shape index (κ2) is 7.91. The van der Waals surface area contributed by atoms with E-state index >= 15 is 0 Å². The molecule has 30 heavy (non-hydrogen) atoms. The minimum absolute atomic E-state index is 0.0505. The van der Waals surface area contributed by atoms with Gasteiger partial charge in [-0.2, -0.15) is 0 Å². The zero-order valence-electron chi connectivity index (χ0n) is 17.3. The molecule has 2 aromatic rings. The summed E-state index contributed by atoms with van der Waals surface area (Å²) in [6.45, 7) is 7.25. The molecule has 1 saturated heterocycles. The van der Waals surface area contributed by atoms with E-state index in [0.717, 1.165) is 4.90 Å². The molecule has 156 valence electrons. The van der Waals surface area contributed by atoms with Gasteiger partial charge in [0.25, 0.3) is 17.7 Å². The highest BCUT2D eigenvalue weighted by Crippen LogP contribution is 2.30. The van der Waals surface area contributed by atoms with E-state index in [1.54, 1.807) is 41.3 Å². The molecule has 7 heteroatoms. The molecule has 0 saturated carbocycles. The average molecular weight is 408 g/mol. The number of morpholine rings is 1. The number of anilines is 1. The van der Waals surface area contributed by atoms with Crippen LogP contribution in [0, 0.1) is 0 Å². The average Bonchev–Trinajstić information content (AvgIpc) is 2.97. The van der Waals surface area contributed by atoms with E-state index in [0.29, 0.717) is 42.3 Å². The van der Waals surface area contributed by atoms with Crippen LogP contribution in [0.1, 0.15) is 51.8 Å². The third-order valence-corrected chi connectivity index (χ3v) is 5.25. The minimum atomic E-state index is -0.433. The molecular weight excluding hydrogens is 384 g/mol. The van der Waals surface area contributed by atoms with Crippen LogP contribution in [-0.4, -0.2) is 54.5 Å². The van der Waals surface area contributed by atoms with Crippen LogP contribution in [0.5, 0.6) is 5.75 Å². The minimum Gasteiger partial charge on any atom is -0.494 e. The number of imide groups is 1. The number of carbonyl (C=O) groups excluding carboxylic acids is 3. The van der Waals surface area contributed by atoms with Gasteiger partial charge in [-0.05, 0) is 63.2 Å². The fourth-order valence-electron chi connectivity index (χ4n) is 3.99. The van der Waals surface area contributed by atoms with Gasteiger partial charge in [0.1, 0.15) is 5.75 Å². The molecule has 2 aliphatic rings. The summed E-state index contributed by atoms with van der Waals surface area (Å²) in [6, 6.07) is 11.5. The lowest BCUT2D eigenvalue weighted by molar-refractivity contribution is -0.0586. The first-order chi connectivity index (χ1) is 14.4. The van der Waals surface area contributed by atoms with E-state index in [1.807, 2.05) is 20.8 Å². The van der Waals surface area contributed by atoms with Gasteiger partial charge in [0, 0.05) is 18.7 Å². The molecule has 2 heterocycles. The third kappa shape index (κ3) is 3.57. The summed E-state index contributed by atoms with van der Waals surface area (Å²) in [5.41, 5.74) is 1.40. The maximum Gasteiger partial charge on any atom is 0.266 e. The number of rotatable bonds is 4. The highest BCUT2D eigenvalue weighted by atomic mass is 16.5. The molecule has 0 N–H and O–H groups in total. The van der Waals surface area contributed by atoms with Crippen molar-refractivity contribution >= 4 is 23.4 Å². The number of carbonyl (C=O) groups is 3. The largest absolute Gasteiger partial charge is 0.494 e. The quantitative estimate of drug-likeness (QED) is 0.727. The lowest BCUT2D eigenvalue weighted by Crippen LogP contribution is -2.48. The van der Waals surface area contributed by atoms with Crippen LogP contribution < -0.4 is 9.64 Å². The summed E-state index contributed by atoms with van der Waals surface area (Å²) in [7, 11) is 0. The molecule has 2 aromatic carbocycles. The van der Waals surface area contributed by atoms with Crippen molar-refractivity contribution in [2.24, 2.45) is 0 Å². The first kappa shape index (κ1) is 20.1. The van der Waals surface area contributed by atoms with Crippen LogP contribution in [0.4, 0.5) is 5.69 Å². The second-order valence-corrected chi connectivity index (χ2v) is 7.60. The molecule has 3 amide bonds. The van der Waals surface area contributed by atoms with Gasteiger partial charge in [-0.3, -0.25) is 14.4 Å². The molecule has 7 nitrogen and oxygen atoms in total. The topological polar surface area (TPSA) is 76.2 Å². The van der Waals surface area contributed by atoms with Gasteiger partial charge in [-0.1, -0.05) is 0 Å². The number of benzene rings is 2. The number of hydrogen-bond acceptors (Lipinski definition) is 5. The predicted octanol–water partition coefficient (Wildman–Crippen LogP) is 3.14. The maximum absolute atomic E-state index is 13.0. The number of ether oxygens (including phenoxy) is 2. The normalized spacial score (nSPS) is 21.0. The molecule has 0 aromatic heterocycles. The number of hydrogen-bond donors (Lipinski definition) is 0. The van der Waals surface area contributed by atoms with Crippen molar-refractivity contribution in [2.75, 3.05) is 24.6 Å². The fourth-order valence-corrected chi connectivity index (χ4v) is 3.99. The molecule has 2 atom stereocenters. The van der Waals surface area contributed by atoms with Crippen LogP contribution in [0.3, 0.4) is 0 Å². The van der Waals surface area contributed by atoms with Crippen LogP contribution in [-0.2, 0) is 4.74 Å². The van der Waals surface area contributed by atoms with Gasteiger partial charge >= 0.3 is 0 Å². The second-order valence-electron chi connectivity index (χ2n) is 7.60. The summed E-state index contributed by atoms with van der Waals surface area (Å²) < 4.78 is 11.1. The highest BCUT2D eigenvalue weighted by molar-refractivity contribution is 6.34. The van der Waals surface area contributed by atoms with Crippen LogP contribution in [0.2, 0.25) is 0 Å². The lowest BCUT2D eigenvalue weighted by Gasteiger charge is -2.35. The van der Waals surface area contributed by atoms with E-state index < -0.39 is 11.8 Å². The Morgan fingerprint density at radius 2 is 1.63 bits per heavy atom. The molecule has 0 unspecified atom stereocenters. The zero-order valence-corrected chi connectivity index (χ0v) is 17.3. The first-order valence-electron chi connectivity index (χ1n) is 10.1. The Morgan fingerprint density at radius 1 is 1.00 bits per heavy atom. The fraction of sp³-hybridized carbons (Fsp3) is 0.348. The molecular formula is C23H24N2O5. The van der Waals surface area contributed by atoms with Crippen LogP contribution in [0.25, 0.3) is 0 Å². The molecule has 0 aliphatic carbocycles. The van der Waals surface area contributed by atoms with Crippen molar-refractivity contribution in [3.8, 4) is 5.75 Å². The molecule has 4 rings (SSSR count). The Morgan fingerprint density at radius 3 is 2.27 bits per heavy atom. The summed E-state index contributed by atoms with van der Waals surface area (Å²) in [5, 5.41) is 0. The molecule has 0 bridgehead atoms. The highest BCUT2D eigenvalue weighted by Gasteiger charge is 2.37. The monoisotopic (exact) mass is 408 g/mol. The smallest absolute Gasteiger partial charge is 0.266 e. The van der Waals surface area contributed by atoms with Crippen molar-refractivity contribution < 1.29 is 23.9 Å². The summed E-state index contributed by atoms with van der Waals surface area (Å²) in [6.07, 6.45) is -0.101. The van der Waals surface area contributed by atoms with Crippen molar-refractivity contribution in [3.63, 3.8) is 0 Å². The van der Waals surface area contributed by atoms with Crippen LogP contribution >= 0.6 is 0 Å². The van der Waals surface area contributed by atoms with E-state index in [9.17, 15) is 14.4 Å². The number of amides is 3. The standard InChI is InChI=1S/C23H24N2O5/c1-4-29-18-8-6-17(7-9-18)25-22(27)19-10-5-16(11-20(19)23(25)28)21(26)24-12-14(2)30-15(3)13-24/h5-11,14-15H,4,12-13H2,1-3H3/t14-,15+. The van der Waals surface area contributed by atoms with Gasteiger partial charge in [-0.15, -0.1) is 0 Å². The van der Waals surface area contributed by atoms with Gasteiger partial charge in [0.2, 0.25) is 0 Å². The Balaban J connectivity index is 1.59. The summed E-state index contributed by atoms with van der Waals surface area (Å²) >= 11 is 0. The lowest BCUT2D eigenvalue weighted by atomic mass is 10.0. The number of fused-ring (bicyclic) bond motifs is 1. The summed E-state index contributed by atoms with van der Waals surface area (Å²) in [5.74, 6) is -0.330. The van der Waals surface area contributed by atoms with Gasteiger partial charge in [-0.25, -0.2) is 4.90 Å². The third-order valence-electron chi connectivity index (χ3n) is 5.25. The van der Waals surface area contributed by atoms with Gasteiger partial charge < -0.3 is 14.4 Å². The van der Waals surface area contributed by atoms with Gasteiger partial charge in [0.15, 0.2) is 0 Å². The van der Waals surface area contributed by atoms with E-state index in [2.05, 4.69) is 0 Å². The van der Waals surface area contributed by atoms with Crippen molar-refractivity contribution in [2.45, 2.75) is 33.0 Å². The number of nitrogens with zero attached hydrogens (tertiary/aromatic N) is 2. The van der Waals surface area contributed by atoms with E-state index in [1.165, 1.54) is 6.07 Å². The van der Waals surface area contributed by atoms with E-state index in [4.69, 9.17) is 9.47 Å². The van der Waals surface area contributed by atoms with Crippen molar-refractivity contribution in [3.05, 3.63) is 59.2 Å². The van der Waals surface area contributed by atoms with Crippen molar-refractivity contribution in [1.29, 1.82) is 0 Å². The Labute approximate surface area is 175 Å². The SMILES string of the molecule is CCOc1ccc(N2C(=O)c3ccc(C(=O)N4C[C@@H](C)O[C@@H](C)C4)cc3C2=O)cc1. The Bertz CT molecular complexity index is 991. The zero-order chi connectivity index (χ0) is 21.4. The Hall–Kier alpha value is -3.19. The van der Waals surface area contributed by atoms with Gasteiger partial charge in [0.05, 0.1) is 35.6 Å². The van der Waals surface area contributed by atoms with Crippen LogP contribution in [0.15, 0.2) is 42.5 Å². The molecule has 2 aliphatic heterocycles. The summed E-state index contributed by atoms with van der Waals surface area (Å²) in [4.78, 5) is 41.7. The maximum atomic E-state index is 13.0. The predicted molar refractivity (Wildman–Crippen MR) is 111 cm³/mol. The van der Waals surface area contributed by atoms with Crippen molar-refractivity contribution in [1.82, 2.24) is 4.90 Å². The Kier molecular flexibility index (Phi) is 5.30. The molecule has 0 radical (unpaired) electrons. The first-order valence-corrected chi connectivity index (χ1v) is 10.1. The molecule has 1 fully saturated rings. The molecule has 0 spiro atoms.